The van der Waals surface area contributed by atoms with Gasteiger partial charge >= 0.3 is 0 Å². The van der Waals surface area contributed by atoms with Crippen molar-refractivity contribution in [3.8, 4) is 0 Å². The van der Waals surface area contributed by atoms with Crippen LogP contribution in [-0.2, 0) is 17.1 Å². The van der Waals surface area contributed by atoms with Gasteiger partial charge in [-0.2, -0.15) is 5.10 Å². The number of halogens is 2. The summed E-state index contributed by atoms with van der Waals surface area (Å²) < 4.78 is 26.3. The lowest BCUT2D eigenvalue weighted by atomic mass is 10.2. The highest BCUT2D eigenvalue weighted by molar-refractivity contribution is 7.93. The molecule has 0 aromatic carbocycles. The summed E-state index contributed by atoms with van der Waals surface area (Å²) >= 11 is 11.0. The summed E-state index contributed by atoms with van der Waals surface area (Å²) in [5.74, 6) is -0.799. The number of ketones is 1. The van der Waals surface area contributed by atoms with Crippen LogP contribution >= 0.6 is 23.2 Å². The number of hydrogen-bond donors (Lipinski definition) is 0. The summed E-state index contributed by atoms with van der Waals surface area (Å²) in [6.45, 7) is -0.0372. The van der Waals surface area contributed by atoms with E-state index >= 15 is 0 Å². The molecule has 0 saturated heterocycles. The fraction of sp³-hybridized carbons (Fsp3) is 0.333. The molecule has 1 aromatic heterocycles. The number of carbonyl (C=O) groups is 1. The van der Waals surface area contributed by atoms with Gasteiger partial charge in [-0.1, -0.05) is 23.2 Å². The van der Waals surface area contributed by atoms with Crippen LogP contribution in [0.15, 0.2) is 16.8 Å². The molecule has 2 rings (SSSR count). The van der Waals surface area contributed by atoms with Gasteiger partial charge in [0.2, 0.25) is 10.0 Å². The maximum atomic E-state index is 12.0. The van der Waals surface area contributed by atoms with Gasteiger partial charge in [-0.05, 0) is 6.08 Å². The van der Waals surface area contributed by atoms with E-state index in [1.165, 1.54) is 17.0 Å². The first-order valence-corrected chi connectivity index (χ1v) is 7.26. The predicted molar refractivity (Wildman–Crippen MR) is 68.5 cm³/mol. The Morgan fingerprint density at radius 2 is 2.22 bits per heavy atom. The zero-order chi connectivity index (χ0) is 13.5. The molecule has 0 N–H and O–H groups in total. The Balaban J connectivity index is 2.54. The largest absolute Gasteiger partial charge is 0.293 e. The highest BCUT2D eigenvalue weighted by atomic mass is 35.5. The maximum absolute atomic E-state index is 12.0. The van der Waals surface area contributed by atoms with Gasteiger partial charge in [0.25, 0.3) is 0 Å². The van der Waals surface area contributed by atoms with Gasteiger partial charge in [-0.15, -0.1) is 0 Å². The molecule has 0 spiro atoms. The first kappa shape index (κ1) is 13.4. The summed E-state index contributed by atoms with van der Waals surface area (Å²) in [5.41, 5.74) is 0.284. The summed E-state index contributed by atoms with van der Waals surface area (Å²) in [7, 11) is -2.15. The molecule has 0 aliphatic carbocycles. The Morgan fingerprint density at radius 3 is 2.83 bits per heavy atom. The van der Waals surface area contributed by atoms with Crippen molar-refractivity contribution in [1.29, 1.82) is 0 Å². The number of nitrogens with zero attached hydrogens (tertiary/aromatic N) is 3. The minimum atomic E-state index is -3.71. The monoisotopic (exact) mass is 309 g/mol. The van der Waals surface area contributed by atoms with Gasteiger partial charge in [0.15, 0.2) is 11.6 Å². The lowest BCUT2D eigenvalue weighted by Gasteiger charge is -2.27. The third-order valence-electron chi connectivity index (χ3n) is 2.50. The molecule has 0 atom stereocenters. The van der Waals surface area contributed by atoms with Crippen LogP contribution in [0.25, 0.3) is 0 Å². The van der Waals surface area contributed by atoms with E-state index in [-0.39, 0.29) is 22.4 Å². The smallest absolute Gasteiger partial charge is 0.244 e. The topological polar surface area (TPSA) is 72.3 Å². The van der Waals surface area contributed by atoms with Crippen molar-refractivity contribution in [2.24, 2.45) is 7.05 Å². The quantitative estimate of drug-likeness (QED) is 0.819. The van der Waals surface area contributed by atoms with Crippen LogP contribution in [0.1, 0.15) is 10.4 Å². The Hall–Kier alpha value is -1.05. The highest BCUT2D eigenvalue weighted by Gasteiger charge is 2.37. The molecule has 0 unspecified atom stereocenters. The van der Waals surface area contributed by atoms with Crippen LogP contribution in [-0.4, -0.2) is 36.3 Å². The molecule has 1 aliphatic rings. The molecular formula is C9H9Cl2N3O3S. The number of sulfonamides is 1. The molecule has 0 amide bonds. The van der Waals surface area contributed by atoms with E-state index in [0.717, 1.165) is 4.31 Å². The number of hydrogen-bond acceptors (Lipinski definition) is 4. The van der Waals surface area contributed by atoms with Crippen molar-refractivity contribution >= 4 is 44.8 Å². The zero-order valence-electron chi connectivity index (χ0n) is 9.30. The zero-order valence-corrected chi connectivity index (χ0v) is 11.6. The Labute approximate surface area is 114 Å². The van der Waals surface area contributed by atoms with Crippen LogP contribution in [0.3, 0.4) is 0 Å². The second-order valence-electron chi connectivity index (χ2n) is 3.71. The van der Waals surface area contributed by atoms with Crippen molar-refractivity contribution in [1.82, 2.24) is 9.78 Å². The molecule has 1 aromatic rings. The fourth-order valence-electron chi connectivity index (χ4n) is 1.73. The van der Waals surface area contributed by atoms with Crippen molar-refractivity contribution < 1.29 is 13.2 Å². The molecule has 6 nitrogen and oxygen atoms in total. The lowest BCUT2D eigenvalue weighted by Crippen LogP contribution is -2.41. The Bertz CT molecular complexity index is 631. The SMILES string of the molecule is Cn1ncc2c1N(CC=C(Cl)Cl)S(=O)(=O)CC2=O. The summed E-state index contributed by atoms with van der Waals surface area (Å²) in [6, 6.07) is 0. The van der Waals surface area contributed by atoms with Gasteiger partial charge in [0.1, 0.15) is 10.2 Å². The number of Topliss-reactive ketones (excluding diaryl/α,β-unsaturated/α-hetero) is 1. The molecule has 0 radical (unpaired) electrons. The fourth-order valence-corrected chi connectivity index (χ4v) is 3.29. The average molecular weight is 310 g/mol. The van der Waals surface area contributed by atoms with Crippen molar-refractivity contribution in [2.45, 2.75) is 0 Å². The summed E-state index contributed by atoms with van der Waals surface area (Å²) in [5, 5.41) is 3.89. The second kappa shape index (κ2) is 4.56. The van der Waals surface area contributed by atoms with E-state index in [2.05, 4.69) is 5.10 Å². The molecule has 98 valence electrons. The van der Waals surface area contributed by atoms with E-state index in [1.54, 1.807) is 7.05 Å². The maximum Gasteiger partial charge on any atom is 0.244 e. The van der Waals surface area contributed by atoms with Crippen LogP contribution < -0.4 is 4.31 Å². The van der Waals surface area contributed by atoms with E-state index in [1.807, 2.05) is 0 Å². The van der Waals surface area contributed by atoms with Gasteiger partial charge in [-0.3, -0.25) is 9.48 Å². The minimum absolute atomic E-state index is 0.0363. The normalized spacial score (nSPS) is 17.5. The Kier molecular flexibility index (Phi) is 3.39. The first-order chi connectivity index (χ1) is 8.33. The number of anilines is 1. The Morgan fingerprint density at radius 1 is 1.56 bits per heavy atom. The predicted octanol–water partition coefficient (Wildman–Crippen LogP) is 1.07. The van der Waals surface area contributed by atoms with Gasteiger partial charge in [0, 0.05) is 7.05 Å². The number of rotatable bonds is 2. The van der Waals surface area contributed by atoms with Crippen molar-refractivity contribution in [3.63, 3.8) is 0 Å². The van der Waals surface area contributed by atoms with Gasteiger partial charge in [-0.25, -0.2) is 12.7 Å². The van der Waals surface area contributed by atoms with Gasteiger partial charge < -0.3 is 0 Å². The number of aromatic nitrogens is 2. The van der Waals surface area contributed by atoms with Crippen LogP contribution in [0, 0.1) is 0 Å². The summed E-state index contributed by atoms with van der Waals surface area (Å²) in [6.07, 6.45) is 2.69. The van der Waals surface area contributed by atoms with Crippen molar-refractivity contribution in [3.05, 3.63) is 22.3 Å². The van der Waals surface area contributed by atoms with Gasteiger partial charge in [0.05, 0.1) is 18.3 Å². The first-order valence-electron chi connectivity index (χ1n) is 4.89. The molecule has 0 fully saturated rings. The number of carbonyl (C=O) groups excluding carboxylic acids is 1. The lowest BCUT2D eigenvalue weighted by molar-refractivity contribution is 0.102. The number of aryl methyl sites for hydroxylation is 1. The molecule has 0 bridgehead atoms. The second-order valence-corrected chi connectivity index (χ2v) is 6.61. The standard InChI is InChI=1S/C9H9Cl2N3O3S/c1-13-9-6(4-12-13)7(15)5-18(16,17)14(9)3-2-8(10)11/h2,4H,3,5H2,1H3. The number of fused-ring (bicyclic) bond motifs is 1. The van der Waals surface area contributed by atoms with E-state index < -0.39 is 21.6 Å². The van der Waals surface area contributed by atoms with E-state index in [9.17, 15) is 13.2 Å². The van der Waals surface area contributed by atoms with Crippen LogP contribution in [0.4, 0.5) is 5.82 Å². The molecule has 9 heteroatoms. The molecule has 0 saturated carbocycles. The average Bonchev–Trinajstić information content (AvgIpc) is 2.59. The third kappa shape index (κ3) is 2.25. The molecule has 1 aliphatic heterocycles. The van der Waals surface area contributed by atoms with Crippen molar-refractivity contribution in [2.75, 3.05) is 16.6 Å². The van der Waals surface area contributed by atoms with E-state index in [0.29, 0.717) is 0 Å². The highest BCUT2D eigenvalue weighted by Crippen LogP contribution is 2.28. The molecular weight excluding hydrogens is 301 g/mol. The summed E-state index contributed by atoms with van der Waals surface area (Å²) in [4.78, 5) is 11.7. The van der Waals surface area contributed by atoms with Crippen LogP contribution in [0.2, 0.25) is 0 Å². The third-order valence-corrected chi connectivity index (χ3v) is 4.43. The molecule has 18 heavy (non-hydrogen) atoms. The molecule has 2 heterocycles. The van der Waals surface area contributed by atoms with E-state index in [4.69, 9.17) is 23.2 Å². The minimum Gasteiger partial charge on any atom is -0.293 e. The van der Waals surface area contributed by atoms with Crippen LogP contribution in [0.5, 0.6) is 0 Å².